The second-order valence-electron chi connectivity index (χ2n) is 7.93. The number of nitrogens with zero attached hydrogens (tertiary/aromatic N) is 4. The third-order valence-electron chi connectivity index (χ3n) is 4.99. The van der Waals surface area contributed by atoms with Crippen molar-refractivity contribution in [2.45, 2.75) is 46.7 Å². The number of aryl methyl sites for hydroxylation is 2. The molecule has 0 spiro atoms. The van der Waals surface area contributed by atoms with Crippen molar-refractivity contribution >= 4 is 5.96 Å². The quantitative estimate of drug-likeness (QED) is 0.566. The van der Waals surface area contributed by atoms with Crippen LogP contribution < -0.4 is 10.6 Å². The predicted octanol–water partition coefficient (Wildman–Crippen LogP) is 1.41. The lowest BCUT2D eigenvalue weighted by Gasteiger charge is -2.41. The predicted molar refractivity (Wildman–Crippen MR) is 107 cm³/mol. The molecule has 1 aromatic rings. The number of hydrogen-bond donors (Lipinski definition) is 2. The average Bonchev–Trinajstić information content (AvgIpc) is 2.93. The largest absolute Gasteiger partial charge is 0.379 e. The molecule has 1 fully saturated rings. The maximum atomic E-state index is 5.46. The fraction of sp³-hybridized carbons (Fsp3) is 0.789. The van der Waals surface area contributed by atoms with Gasteiger partial charge in [0.1, 0.15) is 0 Å². The Morgan fingerprint density at radius 3 is 2.58 bits per heavy atom. The SMILES string of the molecule is CN=C(NCC(C)Cn1nc(C)cc1C)NCC(C)(C)N1CCOCC1. The average molecular weight is 365 g/mol. The van der Waals surface area contributed by atoms with Crippen molar-refractivity contribution in [1.82, 2.24) is 25.3 Å². The van der Waals surface area contributed by atoms with Gasteiger partial charge < -0.3 is 15.4 Å². The summed E-state index contributed by atoms with van der Waals surface area (Å²) in [5.74, 6) is 1.31. The van der Waals surface area contributed by atoms with Gasteiger partial charge in [-0.05, 0) is 39.7 Å². The molecule has 0 saturated carbocycles. The number of nitrogens with one attached hydrogen (secondary N) is 2. The van der Waals surface area contributed by atoms with Gasteiger partial charge in [-0.15, -0.1) is 0 Å². The zero-order valence-electron chi connectivity index (χ0n) is 17.3. The van der Waals surface area contributed by atoms with Gasteiger partial charge >= 0.3 is 0 Å². The molecule has 2 N–H and O–H groups in total. The number of ether oxygens (including phenoxy) is 1. The summed E-state index contributed by atoms with van der Waals surface area (Å²) < 4.78 is 7.54. The first-order valence-electron chi connectivity index (χ1n) is 9.60. The molecule has 7 nitrogen and oxygen atoms in total. The van der Waals surface area contributed by atoms with E-state index in [0.717, 1.165) is 57.6 Å². The van der Waals surface area contributed by atoms with Crippen molar-refractivity contribution in [2.75, 3.05) is 46.4 Å². The summed E-state index contributed by atoms with van der Waals surface area (Å²) in [5.41, 5.74) is 2.35. The number of rotatable bonds is 7. The molecule has 2 heterocycles. The normalized spacial score (nSPS) is 18.0. The maximum absolute atomic E-state index is 5.46. The zero-order valence-corrected chi connectivity index (χ0v) is 17.3. The minimum atomic E-state index is 0.0662. The number of guanidine groups is 1. The van der Waals surface area contributed by atoms with Gasteiger partial charge in [0.15, 0.2) is 5.96 Å². The van der Waals surface area contributed by atoms with Gasteiger partial charge in [0.25, 0.3) is 0 Å². The summed E-state index contributed by atoms with van der Waals surface area (Å²) in [6.45, 7) is 17.1. The van der Waals surface area contributed by atoms with Crippen LogP contribution in [0.4, 0.5) is 0 Å². The number of aromatic nitrogens is 2. The molecule has 148 valence electrons. The second-order valence-corrected chi connectivity index (χ2v) is 7.93. The third kappa shape index (κ3) is 5.99. The summed E-state index contributed by atoms with van der Waals surface area (Å²) in [5, 5.41) is 11.5. The lowest BCUT2D eigenvalue weighted by molar-refractivity contribution is -0.00834. The molecule has 7 heteroatoms. The summed E-state index contributed by atoms with van der Waals surface area (Å²) in [4.78, 5) is 6.84. The van der Waals surface area contributed by atoms with Crippen molar-refractivity contribution in [3.05, 3.63) is 17.5 Å². The molecular weight excluding hydrogens is 328 g/mol. The van der Waals surface area contributed by atoms with E-state index >= 15 is 0 Å². The lowest BCUT2D eigenvalue weighted by atomic mass is 10.0. The van der Waals surface area contributed by atoms with Crippen LogP contribution in [0.15, 0.2) is 11.1 Å². The van der Waals surface area contributed by atoms with Gasteiger partial charge in [-0.3, -0.25) is 14.6 Å². The van der Waals surface area contributed by atoms with Crippen molar-refractivity contribution in [3.8, 4) is 0 Å². The van der Waals surface area contributed by atoms with E-state index in [0.29, 0.717) is 5.92 Å². The second kappa shape index (κ2) is 9.37. The van der Waals surface area contributed by atoms with Crippen LogP contribution in [0.25, 0.3) is 0 Å². The molecule has 0 aromatic carbocycles. The van der Waals surface area contributed by atoms with Crippen LogP contribution in [-0.4, -0.2) is 72.6 Å². The summed E-state index contributed by atoms with van der Waals surface area (Å²) in [7, 11) is 1.82. The molecule has 0 bridgehead atoms. The number of hydrogen-bond acceptors (Lipinski definition) is 4. The van der Waals surface area contributed by atoms with Gasteiger partial charge in [0, 0.05) is 51.0 Å². The molecule has 1 atom stereocenters. The Morgan fingerprint density at radius 2 is 2.00 bits per heavy atom. The molecule has 2 rings (SSSR count). The lowest BCUT2D eigenvalue weighted by Crippen LogP contribution is -2.56. The molecule has 1 saturated heterocycles. The van der Waals surface area contributed by atoms with E-state index in [1.54, 1.807) is 0 Å². The zero-order chi connectivity index (χ0) is 19.2. The molecule has 0 amide bonds. The Bertz CT molecular complexity index is 589. The Labute approximate surface area is 158 Å². The summed E-state index contributed by atoms with van der Waals surface area (Å²) in [6, 6.07) is 2.12. The van der Waals surface area contributed by atoms with Gasteiger partial charge in [0.05, 0.1) is 18.9 Å². The van der Waals surface area contributed by atoms with Crippen LogP contribution in [0.5, 0.6) is 0 Å². The minimum absolute atomic E-state index is 0.0662. The van der Waals surface area contributed by atoms with Gasteiger partial charge in [-0.2, -0.15) is 5.10 Å². The maximum Gasteiger partial charge on any atom is 0.191 e. The highest BCUT2D eigenvalue weighted by Gasteiger charge is 2.28. The van der Waals surface area contributed by atoms with E-state index in [1.165, 1.54) is 5.69 Å². The van der Waals surface area contributed by atoms with Crippen molar-refractivity contribution in [3.63, 3.8) is 0 Å². The molecule has 1 aliphatic heterocycles. The Morgan fingerprint density at radius 1 is 1.31 bits per heavy atom. The van der Waals surface area contributed by atoms with Crippen molar-refractivity contribution in [2.24, 2.45) is 10.9 Å². The molecule has 0 aliphatic carbocycles. The molecule has 1 aliphatic rings. The van der Waals surface area contributed by atoms with E-state index in [4.69, 9.17) is 4.74 Å². The first-order chi connectivity index (χ1) is 12.3. The highest BCUT2D eigenvalue weighted by molar-refractivity contribution is 5.79. The minimum Gasteiger partial charge on any atom is -0.379 e. The topological polar surface area (TPSA) is 66.7 Å². The van der Waals surface area contributed by atoms with Crippen molar-refractivity contribution < 1.29 is 4.74 Å². The van der Waals surface area contributed by atoms with E-state index < -0.39 is 0 Å². The molecule has 1 aromatic heterocycles. The van der Waals surface area contributed by atoms with Crippen LogP contribution in [0.1, 0.15) is 32.2 Å². The number of morpholine rings is 1. The monoisotopic (exact) mass is 364 g/mol. The molecular formula is C19H36N6O. The van der Waals surface area contributed by atoms with E-state index in [-0.39, 0.29) is 5.54 Å². The molecule has 1 unspecified atom stereocenters. The molecule has 0 radical (unpaired) electrons. The Hall–Kier alpha value is -1.60. The standard InChI is InChI=1S/C19H36N6O/c1-15(13-25-17(3)11-16(2)23-25)12-21-18(20-6)22-14-19(4,5)24-7-9-26-10-8-24/h11,15H,7-10,12-14H2,1-6H3,(H2,20,21,22). The molecule has 26 heavy (non-hydrogen) atoms. The fourth-order valence-electron chi connectivity index (χ4n) is 3.29. The van der Waals surface area contributed by atoms with Crippen LogP contribution in [0.2, 0.25) is 0 Å². The van der Waals surface area contributed by atoms with Crippen LogP contribution in [0, 0.1) is 19.8 Å². The fourth-order valence-corrected chi connectivity index (χ4v) is 3.29. The van der Waals surface area contributed by atoms with Crippen LogP contribution >= 0.6 is 0 Å². The Kier molecular flexibility index (Phi) is 7.46. The number of aliphatic imine (C=N–C) groups is 1. The highest BCUT2D eigenvalue weighted by Crippen LogP contribution is 2.15. The van der Waals surface area contributed by atoms with Gasteiger partial charge in [0.2, 0.25) is 0 Å². The van der Waals surface area contributed by atoms with E-state index in [9.17, 15) is 0 Å². The van der Waals surface area contributed by atoms with E-state index in [2.05, 4.69) is 64.1 Å². The van der Waals surface area contributed by atoms with Gasteiger partial charge in [-0.25, -0.2) is 0 Å². The van der Waals surface area contributed by atoms with Crippen LogP contribution in [0.3, 0.4) is 0 Å². The van der Waals surface area contributed by atoms with E-state index in [1.807, 2.05) is 14.0 Å². The van der Waals surface area contributed by atoms with Crippen molar-refractivity contribution in [1.29, 1.82) is 0 Å². The van der Waals surface area contributed by atoms with Gasteiger partial charge in [-0.1, -0.05) is 6.92 Å². The highest BCUT2D eigenvalue weighted by atomic mass is 16.5. The third-order valence-corrected chi connectivity index (χ3v) is 4.99. The smallest absolute Gasteiger partial charge is 0.191 e. The first kappa shape index (κ1) is 20.7. The Balaban J connectivity index is 1.77. The van der Waals surface area contributed by atoms with Crippen LogP contribution in [-0.2, 0) is 11.3 Å². The summed E-state index contributed by atoms with van der Waals surface area (Å²) >= 11 is 0. The summed E-state index contributed by atoms with van der Waals surface area (Å²) in [6.07, 6.45) is 0. The first-order valence-corrected chi connectivity index (χ1v) is 9.60.